The number of nitrogens with one attached hydrogen (secondary N) is 1. The Labute approximate surface area is 199 Å². The fraction of sp³-hybridized carbons (Fsp3) is 0.240. The predicted molar refractivity (Wildman–Crippen MR) is 129 cm³/mol. The average molecular weight is 485 g/mol. The van der Waals surface area contributed by atoms with Gasteiger partial charge in [-0.15, -0.1) is 0 Å². The summed E-state index contributed by atoms with van der Waals surface area (Å²) < 4.78 is 39.7. The summed E-state index contributed by atoms with van der Waals surface area (Å²) in [6.45, 7) is 3.36. The van der Waals surface area contributed by atoms with Gasteiger partial charge >= 0.3 is 0 Å². The fourth-order valence-electron chi connectivity index (χ4n) is 3.13. The molecule has 3 N–H and O–H groups in total. The number of hydrogen-bond donors (Lipinski definition) is 2. The summed E-state index contributed by atoms with van der Waals surface area (Å²) in [5, 5.41) is 7.96. The van der Waals surface area contributed by atoms with Gasteiger partial charge in [0.05, 0.1) is 11.5 Å². The summed E-state index contributed by atoms with van der Waals surface area (Å²) in [5.41, 5.74) is 1.32. The third-order valence-electron chi connectivity index (χ3n) is 4.81. The molecule has 0 fully saturated rings. The van der Waals surface area contributed by atoms with Crippen LogP contribution in [-0.2, 0) is 16.4 Å². The van der Waals surface area contributed by atoms with Gasteiger partial charge in [0.2, 0.25) is 10.0 Å². The Kier molecular flexibility index (Phi) is 8.89. The van der Waals surface area contributed by atoms with Crippen LogP contribution < -0.4 is 24.7 Å². The van der Waals surface area contributed by atoms with Crippen molar-refractivity contribution in [3.05, 3.63) is 83.9 Å². The van der Waals surface area contributed by atoms with Gasteiger partial charge in [-0.2, -0.15) is 0 Å². The van der Waals surface area contributed by atoms with Crippen LogP contribution in [0.2, 0.25) is 0 Å². The Morgan fingerprint density at radius 1 is 0.882 bits per heavy atom. The standard InChI is InChI=1S/C25H28N2O6S/c1-2-31-24-18-20(10-13-23(24)33-17-16-32-21-6-4-3-5-7-21)25(28)27-15-14-19-8-11-22(12-9-19)34(26,29)30/h3-13,18H,2,14-17H2,1H3,(H,27,28)(H2,26,29,30). The highest BCUT2D eigenvalue weighted by atomic mass is 32.2. The number of carbonyl (C=O) groups is 1. The average Bonchev–Trinajstić information content (AvgIpc) is 2.83. The maximum atomic E-state index is 12.6. The zero-order valence-corrected chi connectivity index (χ0v) is 19.7. The summed E-state index contributed by atoms with van der Waals surface area (Å²) in [6, 6.07) is 20.7. The first-order valence-corrected chi connectivity index (χ1v) is 12.4. The van der Waals surface area contributed by atoms with Gasteiger partial charge in [0.25, 0.3) is 5.91 Å². The number of rotatable bonds is 12. The molecule has 0 saturated carbocycles. The minimum atomic E-state index is -3.72. The normalized spacial score (nSPS) is 11.0. The van der Waals surface area contributed by atoms with Gasteiger partial charge < -0.3 is 19.5 Å². The summed E-state index contributed by atoms with van der Waals surface area (Å²) in [7, 11) is -3.72. The molecule has 1 amide bonds. The van der Waals surface area contributed by atoms with E-state index in [1.165, 1.54) is 12.1 Å². The maximum absolute atomic E-state index is 12.6. The van der Waals surface area contributed by atoms with Crippen molar-refractivity contribution in [2.45, 2.75) is 18.2 Å². The largest absolute Gasteiger partial charge is 0.490 e. The summed E-state index contributed by atoms with van der Waals surface area (Å²) >= 11 is 0. The lowest BCUT2D eigenvalue weighted by atomic mass is 10.1. The van der Waals surface area contributed by atoms with Crippen molar-refractivity contribution in [3.63, 3.8) is 0 Å². The van der Waals surface area contributed by atoms with E-state index in [1.54, 1.807) is 30.3 Å². The van der Waals surface area contributed by atoms with E-state index >= 15 is 0 Å². The van der Waals surface area contributed by atoms with Gasteiger partial charge in [-0.1, -0.05) is 30.3 Å². The molecule has 0 spiro atoms. The quantitative estimate of drug-likeness (QED) is 0.382. The first kappa shape index (κ1) is 25.1. The lowest BCUT2D eigenvalue weighted by Crippen LogP contribution is -2.25. The summed E-state index contributed by atoms with van der Waals surface area (Å²) in [4.78, 5) is 12.6. The first-order chi connectivity index (χ1) is 16.4. The summed E-state index contributed by atoms with van der Waals surface area (Å²) in [6.07, 6.45) is 0.539. The van der Waals surface area contributed by atoms with Crippen molar-refractivity contribution in [3.8, 4) is 17.2 Å². The number of amides is 1. The topological polar surface area (TPSA) is 117 Å². The molecule has 0 aliphatic carbocycles. The highest BCUT2D eigenvalue weighted by Gasteiger charge is 2.12. The number of para-hydroxylation sites is 1. The van der Waals surface area contributed by atoms with Gasteiger partial charge in [-0.05, 0) is 61.4 Å². The van der Waals surface area contributed by atoms with E-state index < -0.39 is 10.0 Å². The van der Waals surface area contributed by atoms with Crippen LogP contribution in [0.1, 0.15) is 22.8 Å². The smallest absolute Gasteiger partial charge is 0.251 e. The number of sulfonamides is 1. The minimum absolute atomic E-state index is 0.0534. The number of hydrogen-bond acceptors (Lipinski definition) is 6. The van der Waals surface area contributed by atoms with Crippen LogP contribution >= 0.6 is 0 Å². The molecule has 0 radical (unpaired) electrons. The lowest BCUT2D eigenvalue weighted by Gasteiger charge is -2.14. The lowest BCUT2D eigenvalue weighted by molar-refractivity contribution is 0.0953. The number of nitrogens with two attached hydrogens (primary N) is 1. The van der Waals surface area contributed by atoms with Gasteiger partial charge in [-0.3, -0.25) is 4.79 Å². The summed E-state index contributed by atoms with van der Waals surface area (Å²) in [5.74, 6) is 1.53. The molecule has 3 rings (SSSR count). The van der Waals surface area contributed by atoms with E-state index in [9.17, 15) is 13.2 Å². The van der Waals surface area contributed by atoms with Crippen LogP contribution in [0.4, 0.5) is 0 Å². The van der Waals surface area contributed by atoms with Gasteiger partial charge in [0.1, 0.15) is 19.0 Å². The van der Waals surface area contributed by atoms with Crippen LogP contribution in [0.25, 0.3) is 0 Å². The molecule has 0 heterocycles. The Morgan fingerprint density at radius 2 is 1.59 bits per heavy atom. The molecule has 3 aromatic rings. The molecule has 0 bridgehead atoms. The Balaban J connectivity index is 1.52. The molecule has 0 aromatic heterocycles. The molecular weight excluding hydrogens is 456 g/mol. The van der Waals surface area contributed by atoms with Crippen LogP contribution in [0.3, 0.4) is 0 Å². The first-order valence-electron chi connectivity index (χ1n) is 10.8. The predicted octanol–water partition coefficient (Wildman–Crippen LogP) is 3.16. The van der Waals surface area contributed by atoms with Crippen LogP contribution in [0.15, 0.2) is 77.7 Å². The van der Waals surface area contributed by atoms with Crippen molar-refractivity contribution < 1.29 is 27.4 Å². The van der Waals surface area contributed by atoms with Crippen molar-refractivity contribution in [1.82, 2.24) is 5.32 Å². The zero-order chi connectivity index (χ0) is 24.4. The highest BCUT2D eigenvalue weighted by molar-refractivity contribution is 7.89. The molecule has 0 atom stereocenters. The number of carbonyl (C=O) groups excluding carboxylic acids is 1. The monoisotopic (exact) mass is 484 g/mol. The zero-order valence-electron chi connectivity index (χ0n) is 18.9. The van der Waals surface area contributed by atoms with Crippen molar-refractivity contribution in [1.29, 1.82) is 0 Å². The fourth-order valence-corrected chi connectivity index (χ4v) is 3.65. The Morgan fingerprint density at radius 3 is 2.26 bits per heavy atom. The third kappa shape index (κ3) is 7.50. The maximum Gasteiger partial charge on any atom is 0.251 e. The van der Waals surface area contributed by atoms with Crippen molar-refractivity contribution in [2.24, 2.45) is 5.14 Å². The second-order valence-corrected chi connectivity index (χ2v) is 8.86. The van der Waals surface area contributed by atoms with E-state index in [1.807, 2.05) is 37.3 Å². The molecule has 34 heavy (non-hydrogen) atoms. The van der Waals surface area contributed by atoms with Gasteiger partial charge in [0.15, 0.2) is 11.5 Å². The van der Waals surface area contributed by atoms with Crippen LogP contribution in [-0.4, -0.2) is 40.7 Å². The minimum Gasteiger partial charge on any atom is -0.490 e. The molecule has 0 unspecified atom stereocenters. The molecule has 9 heteroatoms. The third-order valence-corrected chi connectivity index (χ3v) is 5.74. The Bertz CT molecular complexity index is 1180. The van der Waals surface area contributed by atoms with Gasteiger partial charge in [-0.25, -0.2) is 13.6 Å². The van der Waals surface area contributed by atoms with Gasteiger partial charge in [0, 0.05) is 12.1 Å². The molecule has 0 aliphatic rings. The molecular formula is C25H28N2O6S. The molecule has 180 valence electrons. The van der Waals surface area contributed by atoms with E-state index in [0.717, 1.165) is 11.3 Å². The van der Waals surface area contributed by atoms with E-state index in [2.05, 4.69) is 5.32 Å². The molecule has 3 aromatic carbocycles. The van der Waals surface area contributed by atoms with Crippen LogP contribution in [0, 0.1) is 0 Å². The highest BCUT2D eigenvalue weighted by Crippen LogP contribution is 2.28. The number of benzene rings is 3. The second kappa shape index (κ2) is 12.1. The molecule has 0 saturated heterocycles. The molecule has 8 nitrogen and oxygen atoms in total. The van der Waals surface area contributed by atoms with E-state index in [-0.39, 0.29) is 10.8 Å². The van der Waals surface area contributed by atoms with E-state index in [4.69, 9.17) is 19.3 Å². The van der Waals surface area contributed by atoms with E-state index in [0.29, 0.717) is 49.8 Å². The molecule has 0 aliphatic heterocycles. The van der Waals surface area contributed by atoms with Crippen LogP contribution in [0.5, 0.6) is 17.2 Å². The number of primary sulfonamides is 1. The van der Waals surface area contributed by atoms with Crippen molar-refractivity contribution in [2.75, 3.05) is 26.4 Å². The van der Waals surface area contributed by atoms with Crippen molar-refractivity contribution >= 4 is 15.9 Å². The number of ether oxygens (including phenoxy) is 3. The Hall–Kier alpha value is -3.56. The SMILES string of the molecule is CCOc1cc(C(=O)NCCc2ccc(S(N)(=O)=O)cc2)ccc1OCCOc1ccccc1. The second-order valence-electron chi connectivity index (χ2n) is 7.30.